The van der Waals surface area contributed by atoms with Gasteiger partial charge in [0.2, 0.25) is 5.91 Å². The van der Waals surface area contributed by atoms with Crippen LogP contribution < -0.4 is 11.1 Å². The van der Waals surface area contributed by atoms with Crippen LogP contribution in [-0.4, -0.2) is 50.9 Å². The fourth-order valence-electron chi connectivity index (χ4n) is 2.68. The quantitative estimate of drug-likeness (QED) is 0.466. The van der Waals surface area contributed by atoms with Crippen LogP contribution in [0.15, 0.2) is 29.0 Å². The molecule has 0 bridgehead atoms. The van der Waals surface area contributed by atoms with E-state index in [-0.39, 0.29) is 17.2 Å². The zero-order valence-corrected chi connectivity index (χ0v) is 15.1. The highest BCUT2D eigenvalue weighted by Gasteiger charge is 2.55. The molecule has 1 aromatic heterocycles. The summed E-state index contributed by atoms with van der Waals surface area (Å²) in [5, 5.41) is 13.2. The minimum Gasteiger partial charge on any atom is -0.476 e. The summed E-state index contributed by atoms with van der Waals surface area (Å²) >= 11 is 2.53. The lowest BCUT2D eigenvalue weighted by molar-refractivity contribution is -0.152. The Balaban J connectivity index is 1.75. The maximum Gasteiger partial charge on any atom is 0.356 e. The van der Waals surface area contributed by atoms with Gasteiger partial charge in [0.15, 0.2) is 5.70 Å². The van der Waals surface area contributed by atoms with Crippen molar-refractivity contribution in [3.8, 4) is 0 Å². The number of β-lactam (4-membered cyclic amide) rings is 1. The molecule has 0 aliphatic carbocycles. The van der Waals surface area contributed by atoms with E-state index in [0.717, 1.165) is 11.8 Å². The van der Waals surface area contributed by atoms with Crippen molar-refractivity contribution in [2.75, 3.05) is 5.75 Å². The van der Waals surface area contributed by atoms with E-state index >= 15 is 0 Å². The first-order valence-electron chi connectivity index (χ1n) is 7.50. The number of nitrogens with two attached hydrogens (primary N) is 1. The van der Waals surface area contributed by atoms with Gasteiger partial charge in [-0.2, -0.15) is 0 Å². The van der Waals surface area contributed by atoms with E-state index in [2.05, 4.69) is 5.32 Å². The predicted octanol–water partition coefficient (Wildman–Crippen LogP) is 0.00710. The summed E-state index contributed by atoms with van der Waals surface area (Å²) in [5.74, 6) is -3.13. The van der Waals surface area contributed by atoms with E-state index in [1.54, 1.807) is 17.5 Å². The number of aliphatic carboxylic acids is 1. The van der Waals surface area contributed by atoms with Crippen LogP contribution >= 0.6 is 23.1 Å². The molecule has 0 saturated carbocycles. The molecular weight excluding hydrogens is 382 g/mol. The zero-order valence-electron chi connectivity index (χ0n) is 13.5. The van der Waals surface area contributed by atoms with Gasteiger partial charge in [0, 0.05) is 11.8 Å². The summed E-state index contributed by atoms with van der Waals surface area (Å²) < 4.78 is 4.91. The maximum atomic E-state index is 12.4. The van der Waals surface area contributed by atoms with Crippen LogP contribution in [0.25, 0.3) is 0 Å². The molecule has 0 spiro atoms. The SMILES string of the molecule is CC(=O)OC1=C(C(=O)O)N2C(=O)C(NC(=O)C(N)c3cccs3)[C@@H]2SC1. The highest BCUT2D eigenvalue weighted by atomic mass is 32.2. The van der Waals surface area contributed by atoms with Crippen molar-refractivity contribution in [3.05, 3.63) is 33.8 Å². The molecule has 0 radical (unpaired) electrons. The number of ether oxygens (including phenoxy) is 1. The Bertz CT molecular complexity index is 806. The molecular formula is C15H15N3O6S2. The van der Waals surface area contributed by atoms with Crippen LogP contribution in [0.4, 0.5) is 0 Å². The van der Waals surface area contributed by atoms with Gasteiger partial charge in [0.05, 0.1) is 5.75 Å². The summed E-state index contributed by atoms with van der Waals surface area (Å²) in [7, 11) is 0. The van der Waals surface area contributed by atoms with E-state index in [4.69, 9.17) is 10.5 Å². The summed E-state index contributed by atoms with van der Waals surface area (Å²) in [4.78, 5) is 49.0. The number of carboxylic acids is 1. The van der Waals surface area contributed by atoms with Crippen molar-refractivity contribution in [1.82, 2.24) is 10.2 Å². The molecule has 2 aliphatic heterocycles. The number of thiophene rings is 1. The van der Waals surface area contributed by atoms with E-state index in [1.165, 1.54) is 23.1 Å². The van der Waals surface area contributed by atoms with Gasteiger partial charge in [-0.15, -0.1) is 23.1 Å². The van der Waals surface area contributed by atoms with E-state index in [0.29, 0.717) is 4.88 Å². The molecule has 4 N–H and O–H groups in total. The third kappa shape index (κ3) is 3.20. The van der Waals surface area contributed by atoms with Crippen molar-refractivity contribution in [2.24, 2.45) is 5.73 Å². The molecule has 1 saturated heterocycles. The highest BCUT2D eigenvalue weighted by molar-refractivity contribution is 8.00. The molecule has 3 rings (SSSR count). The third-order valence-corrected chi connectivity index (χ3v) is 6.04. The molecule has 1 fully saturated rings. The number of carboxylic acid groups (broad SMARTS) is 1. The van der Waals surface area contributed by atoms with Crippen LogP contribution in [-0.2, 0) is 23.9 Å². The Morgan fingerprint density at radius 1 is 1.46 bits per heavy atom. The molecule has 2 unspecified atom stereocenters. The molecule has 3 atom stereocenters. The standard InChI is InChI=1S/C15H15N3O6S2/c1-6(19)24-7-5-26-14-10(13(21)18(14)11(7)15(22)23)17-12(20)9(16)8-3-2-4-25-8/h2-4,9-10,14H,5,16H2,1H3,(H,17,20)(H,22,23)/t9?,10?,14-/m0/s1. The van der Waals surface area contributed by atoms with Gasteiger partial charge in [-0.3, -0.25) is 19.3 Å². The molecule has 0 aromatic carbocycles. The van der Waals surface area contributed by atoms with Crippen LogP contribution in [0.5, 0.6) is 0 Å². The number of amides is 2. The molecule has 2 amide bonds. The van der Waals surface area contributed by atoms with Gasteiger partial charge in [0.25, 0.3) is 5.91 Å². The van der Waals surface area contributed by atoms with E-state index in [9.17, 15) is 24.3 Å². The van der Waals surface area contributed by atoms with Crippen molar-refractivity contribution in [3.63, 3.8) is 0 Å². The predicted molar refractivity (Wildman–Crippen MR) is 92.7 cm³/mol. The highest BCUT2D eigenvalue weighted by Crippen LogP contribution is 2.40. The normalized spacial score (nSPS) is 23.0. The Hall–Kier alpha value is -2.37. The molecule has 26 heavy (non-hydrogen) atoms. The molecule has 9 nitrogen and oxygen atoms in total. The lowest BCUT2D eigenvalue weighted by Gasteiger charge is -2.49. The third-order valence-electron chi connectivity index (χ3n) is 3.83. The number of thioether (sulfide) groups is 1. The van der Waals surface area contributed by atoms with Crippen molar-refractivity contribution >= 4 is 46.9 Å². The van der Waals surface area contributed by atoms with Crippen LogP contribution in [0.2, 0.25) is 0 Å². The average Bonchev–Trinajstić information content (AvgIpc) is 3.12. The number of hydrogen-bond acceptors (Lipinski definition) is 8. The van der Waals surface area contributed by atoms with Gasteiger partial charge < -0.3 is 20.9 Å². The molecule has 2 aliphatic rings. The summed E-state index contributed by atoms with van der Waals surface area (Å²) in [5.41, 5.74) is 5.51. The van der Waals surface area contributed by atoms with Gasteiger partial charge in [-0.25, -0.2) is 4.79 Å². The van der Waals surface area contributed by atoms with E-state index < -0.39 is 41.2 Å². The first-order valence-corrected chi connectivity index (χ1v) is 9.43. The van der Waals surface area contributed by atoms with Crippen LogP contribution in [0.1, 0.15) is 17.8 Å². The zero-order chi connectivity index (χ0) is 19.0. The first-order chi connectivity index (χ1) is 12.3. The molecule has 1 aromatic rings. The van der Waals surface area contributed by atoms with Gasteiger partial charge >= 0.3 is 11.9 Å². The minimum atomic E-state index is -1.38. The van der Waals surface area contributed by atoms with Crippen molar-refractivity contribution < 1.29 is 29.0 Å². The Morgan fingerprint density at radius 2 is 2.19 bits per heavy atom. The second kappa shape index (κ2) is 7.09. The Labute approximate surface area is 156 Å². The Morgan fingerprint density at radius 3 is 2.77 bits per heavy atom. The number of carbonyl (C=O) groups excluding carboxylic acids is 3. The number of nitrogens with one attached hydrogen (secondary N) is 1. The van der Waals surface area contributed by atoms with Crippen LogP contribution in [0, 0.1) is 0 Å². The largest absolute Gasteiger partial charge is 0.476 e. The summed E-state index contributed by atoms with van der Waals surface area (Å²) in [6.07, 6.45) is 0. The summed E-state index contributed by atoms with van der Waals surface area (Å²) in [6.45, 7) is 1.15. The molecule has 3 heterocycles. The lowest BCUT2D eigenvalue weighted by atomic mass is 10.0. The minimum absolute atomic E-state index is 0.0836. The lowest BCUT2D eigenvalue weighted by Crippen LogP contribution is -2.71. The number of hydrogen-bond donors (Lipinski definition) is 3. The smallest absolute Gasteiger partial charge is 0.356 e. The van der Waals surface area contributed by atoms with Gasteiger partial charge in [-0.1, -0.05) is 6.07 Å². The maximum absolute atomic E-state index is 12.4. The number of esters is 1. The van der Waals surface area contributed by atoms with Crippen LogP contribution in [0.3, 0.4) is 0 Å². The molecule has 138 valence electrons. The number of fused-ring (bicyclic) bond motifs is 1. The molecule has 11 heteroatoms. The topological polar surface area (TPSA) is 139 Å². The average molecular weight is 397 g/mol. The van der Waals surface area contributed by atoms with Crippen molar-refractivity contribution in [1.29, 1.82) is 0 Å². The first kappa shape index (κ1) is 18.4. The van der Waals surface area contributed by atoms with Gasteiger partial charge in [-0.05, 0) is 11.4 Å². The number of rotatable bonds is 5. The number of nitrogens with zero attached hydrogens (tertiary/aromatic N) is 1. The fourth-order valence-corrected chi connectivity index (χ4v) is 4.66. The van der Waals surface area contributed by atoms with Crippen molar-refractivity contribution in [2.45, 2.75) is 24.4 Å². The monoisotopic (exact) mass is 397 g/mol. The Kier molecular flexibility index (Phi) is 5.03. The van der Waals surface area contributed by atoms with E-state index in [1.807, 2.05) is 0 Å². The second-order valence-corrected chi connectivity index (χ2v) is 7.64. The fraction of sp³-hybridized carbons (Fsp3) is 0.333. The number of carbonyl (C=O) groups is 4. The summed E-state index contributed by atoms with van der Waals surface area (Å²) in [6, 6.07) is 1.69. The second-order valence-electron chi connectivity index (χ2n) is 5.56. The van der Waals surface area contributed by atoms with Gasteiger partial charge in [0.1, 0.15) is 23.2 Å².